The van der Waals surface area contributed by atoms with Gasteiger partial charge in [0.1, 0.15) is 5.75 Å². The van der Waals surface area contributed by atoms with Crippen molar-refractivity contribution in [2.75, 3.05) is 12.4 Å². The standard InChI is InChI=1S/C20H16N4O4/c1-28-14-6-7-15-16(8-14)18(25)21-9-12-10-22-20(24-17(12)15)23-13-4-2-11(3-5-13)19(26)27/h2-8,10H,9H2,1H3,(H,21,25)(H,26,27)(H,22,23,24). The Kier molecular flexibility index (Phi) is 4.36. The summed E-state index contributed by atoms with van der Waals surface area (Å²) in [6, 6.07) is 11.5. The predicted molar refractivity (Wildman–Crippen MR) is 102 cm³/mol. The van der Waals surface area contributed by atoms with Gasteiger partial charge in [-0.25, -0.2) is 14.8 Å². The molecule has 0 saturated heterocycles. The van der Waals surface area contributed by atoms with E-state index >= 15 is 0 Å². The number of fused-ring (bicyclic) bond motifs is 3. The van der Waals surface area contributed by atoms with Crippen LogP contribution in [0.3, 0.4) is 0 Å². The first-order valence-electron chi connectivity index (χ1n) is 8.48. The smallest absolute Gasteiger partial charge is 0.335 e. The molecule has 2 aromatic carbocycles. The number of aromatic nitrogens is 2. The molecule has 1 aliphatic heterocycles. The van der Waals surface area contributed by atoms with E-state index in [-0.39, 0.29) is 11.5 Å². The number of benzene rings is 2. The van der Waals surface area contributed by atoms with E-state index in [1.165, 1.54) is 12.1 Å². The van der Waals surface area contributed by atoms with Gasteiger partial charge in [-0.1, -0.05) is 0 Å². The lowest BCUT2D eigenvalue weighted by atomic mass is 10.0. The molecule has 0 fully saturated rings. The number of amides is 1. The average molecular weight is 376 g/mol. The van der Waals surface area contributed by atoms with Crippen molar-refractivity contribution in [3.05, 3.63) is 65.4 Å². The number of aromatic carboxylic acids is 1. The summed E-state index contributed by atoms with van der Waals surface area (Å²) in [5.74, 6) is -0.260. The van der Waals surface area contributed by atoms with Gasteiger partial charge in [-0.15, -0.1) is 0 Å². The summed E-state index contributed by atoms with van der Waals surface area (Å²) in [4.78, 5) is 32.3. The van der Waals surface area contributed by atoms with Gasteiger partial charge in [0.25, 0.3) is 5.91 Å². The molecule has 0 aliphatic carbocycles. The van der Waals surface area contributed by atoms with Crippen LogP contribution in [0.2, 0.25) is 0 Å². The van der Waals surface area contributed by atoms with Gasteiger partial charge in [-0.05, 0) is 42.5 Å². The lowest BCUT2D eigenvalue weighted by Gasteiger charge is -2.11. The second-order valence-corrected chi connectivity index (χ2v) is 6.17. The molecule has 0 atom stereocenters. The number of carboxylic acid groups (broad SMARTS) is 1. The molecule has 28 heavy (non-hydrogen) atoms. The summed E-state index contributed by atoms with van der Waals surface area (Å²) in [7, 11) is 1.55. The number of nitrogens with zero attached hydrogens (tertiary/aromatic N) is 2. The Morgan fingerprint density at radius 1 is 1.18 bits per heavy atom. The number of nitrogens with one attached hydrogen (secondary N) is 2. The van der Waals surface area contributed by atoms with Crippen LogP contribution in [-0.4, -0.2) is 34.1 Å². The van der Waals surface area contributed by atoms with E-state index in [9.17, 15) is 9.59 Å². The molecule has 8 nitrogen and oxygen atoms in total. The van der Waals surface area contributed by atoms with Gasteiger partial charge in [0.15, 0.2) is 0 Å². The fraction of sp³-hybridized carbons (Fsp3) is 0.100. The minimum absolute atomic E-state index is 0.195. The molecule has 140 valence electrons. The van der Waals surface area contributed by atoms with Crippen molar-refractivity contribution in [1.82, 2.24) is 15.3 Å². The zero-order valence-electron chi connectivity index (χ0n) is 14.9. The Morgan fingerprint density at radius 2 is 1.96 bits per heavy atom. The highest BCUT2D eigenvalue weighted by molar-refractivity contribution is 6.02. The Balaban J connectivity index is 1.71. The lowest BCUT2D eigenvalue weighted by molar-refractivity contribution is 0.0696. The van der Waals surface area contributed by atoms with E-state index in [0.717, 1.165) is 5.56 Å². The van der Waals surface area contributed by atoms with Gasteiger partial charge in [-0.3, -0.25) is 4.79 Å². The molecule has 0 unspecified atom stereocenters. The van der Waals surface area contributed by atoms with E-state index in [2.05, 4.69) is 20.6 Å². The van der Waals surface area contributed by atoms with Crippen molar-refractivity contribution in [2.24, 2.45) is 0 Å². The maximum atomic E-state index is 12.4. The molecule has 0 bridgehead atoms. The number of rotatable bonds is 4. The lowest BCUT2D eigenvalue weighted by Crippen LogP contribution is -2.21. The number of hydrogen-bond donors (Lipinski definition) is 3. The van der Waals surface area contributed by atoms with E-state index in [0.29, 0.717) is 40.8 Å². The monoisotopic (exact) mass is 376 g/mol. The number of methoxy groups -OCH3 is 1. The Hall–Kier alpha value is -3.94. The Labute approximate surface area is 160 Å². The quantitative estimate of drug-likeness (QED) is 0.641. The fourth-order valence-corrected chi connectivity index (χ4v) is 2.97. The minimum atomic E-state index is -0.989. The molecule has 1 aromatic heterocycles. The highest BCUT2D eigenvalue weighted by Crippen LogP contribution is 2.31. The molecule has 1 amide bonds. The number of hydrogen-bond acceptors (Lipinski definition) is 6. The second kappa shape index (κ2) is 6.99. The first-order chi connectivity index (χ1) is 13.5. The third-order valence-electron chi connectivity index (χ3n) is 4.42. The molecule has 0 spiro atoms. The van der Waals surface area contributed by atoms with Crippen molar-refractivity contribution in [3.8, 4) is 17.0 Å². The zero-order valence-corrected chi connectivity index (χ0v) is 14.9. The van der Waals surface area contributed by atoms with Crippen molar-refractivity contribution < 1.29 is 19.4 Å². The SMILES string of the molecule is COc1ccc2c(c1)C(=O)NCc1cnc(Nc3ccc(C(=O)O)cc3)nc1-2. The third-order valence-corrected chi connectivity index (χ3v) is 4.42. The molecule has 3 N–H and O–H groups in total. The molecular weight excluding hydrogens is 360 g/mol. The molecule has 3 aromatic rings. The van der Waals surface area contributed by atoms with Gasteiger partial charge < -0.3 is 20.5 Å². The van der Waals surface area contributed by atoms with Crippen LogP contribution in [0.1, 0.15) is 26.3 Å². The summed E-state index contributed by atoms with van der Waals surface area (Å²) in [5, 5.41) is 14.9. The summed E-state index contributed by atoms with van der Waals surface area (Å²) in [6.45, 7) is 0.318. The van der Waals surface area contributed by atoms with E-state index in [1.807, 2.05) is 0 Å². The molecule has 0 saturated carbocycles. The van der Waals surface area contributed by atoms with Crippen LogP contribution in [0.15, 0.2) is 48.7 Å². The largest absolute Gasteiger partial charge is 0.497 e. The summed E-state index contributed by atoms with van der Waals surface area (Å²) < 4.78 is 5.22. The van der Waals surface area contributed by atoms with Crippen LogP contribution in [0.4, 0.5) is 11.6 Å². The predicted octanol–water partition coefficient (Wildman–Crippen LogP) is 2.84. The second-order valence-electron chi connectivity index (χ2n) is 6.17. The van der Waals surface area contributed by atoms with Gasteiger partial charge in [0.2, 0.25) is 5.95 Å². The molecule has 4 rings (SSSR count). The van der Waals surface area contributed by atoms with E-state index in [4.69, 9.17) is 9.84 Å². The normalized spacial score (nSPS) is 12.2. The van der Waals surface area contributed by atoms with Crippen LogP contribution in [0, 0.1) is 0 Å². The van der Waals surface area contributed by atoms with Crippen molar-refractivity contribution >= 4 is 23.5 Å². The van der Waals surface area contributed by atoms with Crippen molar-refractivity contribution in [2.45, 2.75) is 6.54 Å². The maximum Gasteiger partial charge on any atom is 0.335 e. The summed E-state index contributed by atoms with van der Waals surface area (Å²) >= 11 is 0. The fourth-order valence-electron chi connectivity index (χ4n) is 2.97. The molecule has 1 aliphatic rings. The Bertz CT molecular complexity index is 1080. The zero-order chi connectivity index (χ0) is 19.7. The van der Waals surface area contributed by atoms with E-state index < -0.39 is 5.97 Å². The van der Waals surface area contributed by atoms with Gasteiger partial charge >= 0.3 is 5.97 Å². The number of carboxylic acids is 1. The molecule has 8 heteroatoms. The van der Waals surface area contributed by atoms with Crippen LogP contribution in [-0.2, 0) is 6.54 Å². The Morgan fingerprint density at radius 3 is 2.68 bits per heavy atom. The van der Waals surface area contributed by atoms with Crippen LogP contribution >= 0.6 is 0 Å². The first kappa shape index (κ1) is 17.5. The number of ether oxygens (including phenoxy) is 1. The van der Waals surface area contributed by atoms with Gasteiger partial charge in [-0.2, -0.15) is 0 Å². The highest BCUT2D eigenvalue weighted by atomic mass is 16.5. The van der Waals surface area contributed by atoms with Crippen molar-refractivity contribution in [3.63, 3.8) is 0 Å². The van der Waals surface area contributed by atoms with Crippen LogP contribution in [0.5, 0.6) is 5.75 Å². The third kappa shape index (κ3) is 3.23. The maximum absolute atomic E-state index is 12.4. The van der Waals surface area contributed by atoms with Crippen LogP contribution < -0.4 is 15.4 Å². The topological polar surface area (TPSA) is 113 Å². The number of anilines is 2. The molecular formula is C20H16N4O4. The first-order valence-corrected chi connectivity index (χ1v) is 8.48. The van der Waals surface area contributed by atoms with Gasteiger partial charge in [0, 0.05) is 29.6 Å². The minimum Gasteiger partial charge on any atom is -0.497 e. The molecule has 0 radical (unpaired) electrons. The summed E-state index contributed by atoms with van der Waals surface area (Å²) in [5.41, 5.74) is 3.47. The van der Waals surface area contributed by atoms with Gasteiger partial charge in [0.05, 0.1) is 23.9 Å². The van der Waals surface area contributed by atoms with E-state index in [1.54, 1.807) is 43.6 Å². The van der Waals surface area contributed by atoms with Crippen LogP contribution in [0.25, 0.3) is 11.3 Å². The summed E-state index contributed by atoms with van der Waals surface area (Å²) in [6.07, 6.45) is 1.66. The molecule has 2 heterocycles. The highest BCUT2D eigenvalue weighted by Gasteiger charge is 2.22. The average Bonchev–Trinajstić information content (AvgIpc) is 2.85. The number of carbonyl (C=O) groups is 2. The number of carbonyl (C=O) groups excluding carboxylic acids is 1. The van der Waals surface area contributed by atoms with Crippen molar-refractivity contribution in [1.29, 1.82) is 0 Å².